The normalized spacial score (nSPS) is 15.6. The van der Waals surface area contributed by atoms with Gasteiger partial charge in [0.1, 0.15) is 12.4 Å². The lowest BCUT2D eigenvalue weighted by molar-refractivity contribution is -0.135. The van der Waals surface area contributed by atoms with Crippen LogP contribution < -0.4 is 14.8 Å². The lowest BCUT2D eigenvalue weighted by atomic mass is 10.0. The summed E-state index contributed by atoms with van der Waals surface area (Å²) in [5, 5.41) is 8.72. The topological polar surface area (TPSA) is 68.6 Å². The number of nitrogens with one attached hydrogen (secondary N) is 1. The predicted molar refractivity (Wildman–Crippen MR) is 125 cm³/mol. The number of rotatable bonds is 8. The Morgan fingerprint density at radius 2 is 1.78 bits per heavy atom. The molecule has 1 fully saturated rings. The number of fused-ring (bicyclic) bond motifs is 1. The van der Waals surface area contributed by atoms with E-state index in [2.05, 4.69) is 22.4 Å². The Morgan fingerprint density at radius 3 is 2.53 bits per heavy atom. The lowest BCUT2D eigenvalue weighted by Crippen LogP contribution is -2.52. The van der Waals surface area contributed by atoms with Gasteiger partial charge >= 0.3 is 0 Å². The molecule has 1 aromatic heterocycles. The van der Waals surface area contributed by atoms with E-state index in [1.54, 1.807) is 13.8 Å². The van der Waals surface area contributed by atoms with Gasteiger partial charge in [-0.2, -0.15) is 0 Å². The molecule has 2 heterocycles. The monoisotopic (exact) mass is 436 g/mol. The number of hydrogen-bond acceptors (Lipinski definition) is 5. The van der Waals surface area contributed by atoms with Gasteiger partial charge < -0.3 is 19.7 Å². The van der Waals surface area contributed by atoms with Gasteiger partial charge in [0.15, 0.2) is 5.60 Å². The molecule has 0 spiro atoms. The van der Waals surface area contributed by atoms with E-state index in [1.807, 2.05) is 59.3 Å². The Balaban J connectivity index is 1.44. The number of hydrogen-bond donors (Lipinski definition) is 1. The number of carbonyl (C=O) groups is 1. The fourth-order valence-electron chi connectivity index (χ4n) is 3.91. The second kappa shape index (κ2) is 9.61. The van der Waals surface area contributed by atoms with Crippen LogP contribution in [0.3, 0.4) is 0 Å². The number of para-hydroxylation sites is 2. The fraction of sp³-hybridized carbons (Fsp3) is 0.440. The summed E-state index contributed by atoms with van der Waals surface area (Å²) in [6.45, 7) is 6.63. The van der Waals surface area contributed by atoms with Crippen LogP contribution in [-0.2, 0) is 11.3 Å². The minimum absolute atomic E-state index is 0.113. The van der Waals surface area contributed by atoms with E-state index in [9.17, 15) is 4.79 Å². The van der Waals surface area contributed by atoms with Crippen LogP contribution in [0, 0.1) is 0 Å². The third-order valence-corrected chi connectivity index (χ3v) is 5.89. The van der Waals surface area contributed by atoms with Crippen LogP contribution in [0.25, 0.3) is 10.9 Å². The van der Waals surface area contributed by atoms with Crippen molar-refractivity contribution < 1.29 is 14.3 Å². The highest BCUT2D eigenvalue weighted by Gasteiger charge is 2.33. The van der Waals surface area contributed by atoms with E-state index in [1.165, 1.54) is 0 Å². The first-order valence-electron chi connectivity index (χ1n) is 11.2. The number of ether oxygens (including phenoxy) is 2. The zero-order valence-corrected chi connectivity index (χ0v) is 19.1. The first-order chi connectivity index (χ1) is 15.4. The van der Waals surface area contributed by atoms with Gasteiger partial charge in [-0.15, -0.1) is 5.10 Å². The van der Waals surface area contributed by atoms with Gasteiger partial charge in [-0.1, -0.05) is 30.3 Å². The molecule has 1 aliphatic heterocycles. The van der Waals surface area contributed by atoms with Crippen molar-refractivity contribution in [1.29, 1.82) is 0 Å². The molecule has 1 N–H and O–H groups in total. The molecule has 3 aromatic rings. The Bertz CT molecular complexity index is 1040. The molecule has 0 radical (unpaired) electrons. The minimum atomic E-state index is -1.04. The van der Waals surface area contributed by atoms with Crippen molar-refractivity contribution in [1.82, 2.24) is 20.0 Å². The van der Waals surface area contributed by atoms with Gasteiger partial charge in [0.2, 0.25) is 5.88 Å². The third-order valence-electron chi connectivity index (χ3n) is 5.89. The molecule has 4 rings (SSSR count). The summed E-state index contributed by atoms with van der Waals surface area (Å²) in [5.74, 6) is 1.18. The van der Waals surface area contributed by atoms with Crippen LogP contribution >= 0.6 is 0 Å². The molecule has 0 bridgehead atoms. The molecule has 170 valence electrons. The molecule has 7 heteroatoms. The van der Waals surface area contributed by atoms with E-state index in [0.717, 1.165) is 42.6 Å². The highest BCUT2D eigenvalue weighted by Crippen LogP contribution is 2.28. The standard InChI is InChI=1S/C25H32N4O3/c1-25(2,24(30)26-19-13-15-28(3)16-14-19)32-23-21-11-7-8-12-22(21)29(27-23)17-18-31-20-9-5-4-6-10-20/h4-12,19H,13-18H2,1-3H3,(H,26,30). The average Bonchev–Trinajstić information content (AvgIpc) is 3.13. The quantitative estimate of drug-likeness (QED) is 0.586. The highest BCUT2D eigenvalue weighted by molar-refractivity contribution is 5.87. The molecule has 0 atom stereocenters. The summed E-state index contributed by atoms with van der Waals surface area (Å²) in [7, 11) is 2.11. The molecule has 0 unspecified atom stereocenters. The number of carbonyl (C=O) groups excluding carboxylic acids is 1. The molecule has 1 saturated heterocycles. The number of likely N-dealkylation sites (tertiary alicyclic amines) is 1. The van der Waals surface area contributed by atoms with Crippen LogP contribution in [0.5, 0.6) is 11.6 Å². The summed E-state index contributed by atoms with van der Waals surface area (Å²) in [6.07, 6.45) is 1.91. The maximum absolute atomic E-state index is 13.0. The molecular formula is C25H32N4O3. The summed E-state index contributed by atoms with van der Waals surface area (Å²) in [5.41, 5.74) is -0.0862. The smallest absolute Gasteiger partial charge is 0.263 e. The predicted octanol–water partition coefficient (Wildman–Crippen LogP) is 3.48. The lowest BCUT2D eigenvalue weighted by Gasteiger charge is -2.32. The molecule has 1 amide bonds. The van der Waals surface area contributed by atoms with Crippen molar-refractivity contribution in [2.75, 3.05) is 26.7 Å². The zero-order valence-electron chi connectivity index (χ0n) is 19.1. The van der Waals surface area contributed by atoms with Crippen molar-refractivity contribution in [3.8, 4) is 11.6 Å². The Kier molecular flexibility index (Phi) is 6.65. The maximum Gasteiger partial charge on any atom is 0.263 e. The van der Waals surface area contributed by atoms with Crippen LogP contribution in [0.15, 0.2) is 54.6 Å². The number of nitrogens with zero attached hydrogens (tertiary/aromatic N) is 3. The molecular weight excluding hydrogens is 404 g/mol. The first-order valence-corrected chi connectivity index (χ1v) is 11.2. The van der Waals surface area contributed by atoms with Crippen molar-refractivity contribution in [3.63, 3.8) is 0 Å². The summed E-state index contributed by atoms with van der Waals surface area (Å²) in [6, 6.07) is 17.8. The number of piperidine rings is 1. The maximum atomic E-state index is 13.0. The Morgan fingerprint density at radius 1 is 1.09 bits per heavy atom. The van der Waals surface area contributed by atoms with Gasteiger partial charge in [0.05, 0.1) is 17.4 Å². The average molecular weight is 437 g/mol. The van der Waals surface area contributed by atoms with Crippen LogP contribution in [-0.4, -0.2) is 59.0 Å². The van der Waals surface area contributed by atoms with Crippen molar-refractivity contribution in [3.05, 3.63) is 54.6 Å². The van der Waals surface area contributed by atoms with Crippen LogP contribution in [0.4, 0.5) is 0 Å². The Hall–Kier alpha value is -3.06. The first kappa shape index (κ1) is 22.1. The fourth-order valence-corrected chi connectivity index (χ4v) is 3.91. The number of benzene rings is 2. The van der Waals surface area contributed by atoms with Crippen molar-refractivity contribution >= 4 is 16.8 Å². The van der Waals surface area contributed by atoms with E-state index >= 15 is 0 Å². The number of amides is 1. The highest BCUT2D eigenvalue weighted by atomic mass is 16.5. The summed E-state index contributed by atoms with van der Waals surface area (Å²) in [4.78, 5) is 15.3. The SMILES string of the molecule is CN1CCC(NC(=O)C(C)(C)Oc2nn(CCOc3ccccc3)c3ccccc23)CC1. The van der Waals surface area contributed by atoms with Gasteiger partial charge in [0.25, 0.3) is 5.91 Å². The molecule has 0 aliphatic carbocycles. The van der Waals surface area contributed by atoms with Gasteiger partial charge in [0, 0.05) is 6.04 Å². The van der Waals surface area contributed by atoms with Gasteiger partial charge in [-0.3, -0.25) is 9.48 Å². The van der Waals surface area contributed by atoms with Gasteiger partial charge in [-0.25, -0.2) is 0 Å². The second-order valence-electron chi connectivity index (χ2n) is 8.87. The summed E-state index contributed by atoms with van der Waals surface area (Å²) >= 11 is 0. The van der Waals surface area contributed by atoms with E-state index in [-0.39, 0.29) is 11.9 Å². The van der Waals surface area contributed by atoms with E-state index in [4.69, 9.17) is 9.47 Å². The van der Waals surface area contributed by atoms with Crippen molar-refractivity contribution in [2.24, 2.45) is 0 Å². The summed E-state index contributed by atoms with van der Waals surface area (Å²) < 4.78 is 13.9. The van der Waals surface area contributed by atoms with Gasteiger partial charge in [-0.05, 0) is 71.1 Å². The van der Waals surface area contributed by atoms with Crippen molar-refractivity contribution in [2.45, 2.75) is 44.9 Å². The minimum Gasteiger partial charge on any atom is -0.492 e. The van der Waals surface area contributed by atoms with E-state index < -0.39 is 5.60 Å². The number of aromatic nitrogens is 2. The molecule has 7 nitrogen and oxygen atoms in total. The van der Waals surface area contributed by atoms with E-state index in [0.29, 0.717) is 19.0 Å². The zero-order chi connectivity index (χ0) is 22.6. The van der Waals surface area contributed by atoms with Crippen LogP contribution in [0.1, 0.15) is 26.7 Å². The largest absolute Gasteiger partial charge is 0.492 e. The molecule has 0 saturated carbocycles. The molecule has 2 aromatic carbocycles. The second-order valence-corrected chi connectivity index (χ2v) is 8.87. The molecule has 32 heavy (non-hydrogen) atoms. The third kappa shape index (κ3) is 5.22. The van der Waals surface area contributed by atoms with Crippen LogP contribution in [0.2, 0.25) is 0 Å². The Labute approximate surface area is 189 Å². The molecule has 1 aliphatic rings.